The van der Waals surface area contributed by atoms with Gasteiger partial charge >= 0.3 is 0 Å². The van der Waals surface area contributed by atoms with Gasteiger partial charge in [-0.15, -0.1) is 24.8 Å². The summed E-state index contributed by atoms with van der Waals surface area (Å²) in [6.07, 6.45) is 5.61. The van der Waals surface area contributed by atoms with Crippen molar-refractivity contribution >= 4 is 30.6 Å². The topological polar surface area (TPSA) is 59.1 Å². The molecule has 23 heavy (non-hydrogen) atoms. The fourth-order valence-corrected chi connectivity index (χ4v) is 3.34. The number of ether oxygens (including phenoxy) is 1. The maximum absolute atomic E-state index is 6.01. The first-order chi connectivity index (χ1) is 10.2. The van der Waals surface area contributed by atoms with E-state index in [1.807, 2.05) is 6.07 Å². The van der Waals surface area contributed by atoms with Gasteiger partial charge in [0, 0.05) is 18.3 Å². The first kappa shape index (κ1) is 20.4. The normalized spacial score (nSPS) is 22.5. The largest absolute Gasteiger partial charge is 0.376 e. The van der Waals surface area contributed by atoms with Crippen LogP contribution in [0.5, 0.6) is 0 Å². The lowest BCUT2D eigenvalue weighted by molar-refractivity contribution is 0.0924. The van der Waals surface area contributed by atoms with Crippen LogP contribution in [-0.2, 0) is 4.74 Å². The van der Waals surface area contributed by atoms with Crippen molar-refractivity contribution in [1.82, 2.24) is 15.3 Å². The van der Waals surface area contributed by atoms with Crippen LogP contribution in [0.2, 0.25) is 0 Å². The highest BCUT2D eigenvalue weighted by molar-refractivity contribution is 5.85. The van der Waals surface area contributed by atoms with E-state index >= 15 is 0 Å². The zero-order chi connectivity index (χ0) is 14.7. The quantitative estimate of drug-likeness (QED) is 0.861. The van der Waals surface area contributed by atoms with E-state index in [1.54, 1.807) is 6.33 Å². The van der Waals surface area contributed by atoms with Crippen LogP contribution in [-0.4, -0.2) is 42.3 Å². The molecule has 2 aliphatic rings. The van der Waals surface area contributed by atoms with Crippen LogP contribution in [0.3, 0.4) is 0 Å². The van der Waals surface area contributed by atoms with E-state index in [9.17, 15) is 0 Å². The molecule has 7 heteroatoms. The van der Waals surface area contributed by atoms with Gasteiger partial charge < -0.3 is 15.4 Å². The molecule has 1 aromatic heterocycles. The van der Waals surface area contributed by atoms with E-state index in [0.29, 0.717) is 17.4 Å². The lowest BCUT2D eigenvalue weighted by atomic mass is 9.77. The number of piperidine rings is 1. The molecule has 5 nitrogen and oxygen atoms in total. The van der Waals surface area contributed by atoms with Crippen LogP contribution in [0.15, 0.2) is 12.4 Å². The third-order valence-electron chi connectivity index (χ3n) is 4.74. The maximum atomic E-state index is 6.01. The number of hydrogen-bond acceptors (Lipinski definition) is 5. The Kier molecular flexibility index (Phi) is 8.01. The zero-order valence-corrected chi connectivity index (χ0v) is 15.5. The van der Waals surface area contributed by atoms with Crippen molar-refractivity contribution in [2.75, 3.05) is 31.6 Å². The van der Waals surface area contributed by atoms with E-state index in [4.69, 9.17) is 4.74 Å². The average molecular weight is 363 g/mol. The fourth-order valence-electron chi connectivity index (χ4n) is 3.34. The van der Waals surface area contributed by atoms with Gasteiger partial charge in [-0.2, -0.15) is 0 Å². The molecule has 3 rings (SSSR count). The summed E-state index contributed by atoms with van der Waals surface area (Å²) in [5, 5.41) is 6.85. The van der Waals surface area contributed by atoms with Gasteiger partial charge in [0.1, 0.15) is 12.1 Å². The van der Waals surface area contributed by atoms with E-state index in [-0.39, 0.29) is 24.8 Å². The van der Waals surface area contributed by atoms with Crippen LogP contribution >= 0.6 is 24.8 Å². The fraction of sp³-hybridized carbons (Fsp3) is 0.750. The maximum Gasteiger partial charge on any atom is 0.129 e. The van der Waals surface area contributed by atoms with Crippen molar-refractivity contribution in [2.45, 2.75) is 45.1 Å². The van der Waals surface area contributed by atoms with E-state index < -0.39 is 0 Å². The number of nitrogens with zero attached hydrogens (tertiary/aromatic N) is 2. The van der Waals surface area contributed by atoms with Gasteiger partial charge in [-0.25, -0.2) is 9.97 Å². The number of rotatable bonds is 4. The third kappa shape index (κ3) is 5.18. The summed E-state index contributed by atoms with van der Waals surface area (Å²) in [6.45, 7) is 8.31. The number of anilines is 1. The standard InChI is InChI=1S/C16H26N4O.2ClH/c1-12(2)14-7-15(20-11-19-14)18-9-13-8-16(10-21-13)3-5-17-6-4-16;;/h7,11-13,17H,3-6,8-10H2,1-2H3,(H,18,19,20);2*1H. The Hall–Kier alpha value is -0.620. The van der Waals surface area contributed by atoms with Crippen molar-refractivity contribution in [2.24, 2.45) is 5.41 Å². The summed E-state index contributed by atoms with van der Waals surface area (Å²) in [7, 11) is 0. The summed E-state index contributed by atoms with van der Waals surface area (Å²) < 4.78 is 6.01. The summed E-state index contributed by atoms with van der Waals surface area (Å²) in [4.78, 5) is 8.60. The van der Waals surface area contributed by atoms with Crippen molar-refractivity contribution in [3.05, 3.63) is 18.1 Å². The molecule has 0 aliphatic carbocycles. The molecule has 2 aliphatic heterocycles. The molecular formula is C16H28Cl2N4O. The molecule has 132 valence electrons. The summed E-state index contributed by atoms with van der Waals surface area (Å²) >= 11 is 0. The van der Waals surface area contributed by atoms with Gasteiger partial charge in [-0.1, -0.05) is 13.8 Å². The molecule has 0 radical (unpaired) electrons. The molecule has 1 atom stereocenters. The predicted octanol–water partition coefficient (Wildman–Crippen LogP) is 3.01. The first-order valence-electron chi connectivity index (χ1n) is 8.05. The molecule has 2 saturated heterocycles. The lowest BCUT2D eigenvalue weighted by Crippen LogP contribution is -2.37. The van der Waals surface area contributed by atoms with Crippen molar-refractivity contribution < 1.29 is 4.74 Å². The third-order valence-corrected chi connectivity index (χ3v) is 4.74. The predicted molar refractivity (Wildman–Crippen MR) is 98.0 cm³/mol. The smallest absolute Gasteiger partial charge is 0.129 e. The van der Waals surface area contributed by atoms with Gasteiger partial charge in [0.05, 0.1) is 12.7 Å². The monoisotopic (exact) mass is 362 g/mol. The first-order valence-corrected chi connectivity index (χ1v) is 8.05. The minimum absolute atomic E-state index is 0. The molecule has 2 fully saturated rings. The Labute approximate surface area is 151 Å². The molecule has 0 saturated carbocycles. The Morgan fingerprint density at radius 1 is 1.30 bits per heavy atom. The number of hydrogen-bond donors (Lipinski definition) is 2. The average Bonchev–Trinajstić information content (AvgIpc) is 2.89. The number of aromatic nitrogens is 2. The van der Waals surface area contributed by atoms with Crippen molar-refractivity contribution in [3.63, 3.8) is 0 Å². The molecule has 1 unspecified atom stereocenters. The minimum atomic E-state index is 0. The van der Waals surface area contributed by atoms with Crippen LogP contribution in [0.4, 0.5) is 5.82 Å². The highest BCUT2D eigenvalue weighted by Gasteiger charge is 2.40. The molecule has 0 aromatic carbocycles. The Balaban J connectivity index is 0.00000132. The van der Waals surface area contributed by atoms with Crippen LogP contribution in [0, 0.1) is 5.41 Å². The molecule has 1 spiro atoms. The van der Waals surface area contributed by atoms with Gasteiger partial charge in [0.15, 0.2) is 0 Å². The molecule has 0 amide bonds. The Morgan fingerprint density at radius 2 is 2.04 bits per heavy atom. The molecule has 3 heterocycles. The van der Waals surface area contributed by atoms with Gasteiger partial charge in [0.2, 0.25) is 0 Å². The van der Waals surface area contributed by atoms with E-state index in [1.165, 1.54) is 19.3 Å². The summed E-state index contributed by atoms with van der Waals surface area (Å²) in [5.41, 5.74) is 1.50. The van der Waals surface area contributed by atoms with Gasteiger partial charge in [-0.3, -0.25) is 0 Å². The minimum Gasteiger partial charge on any atom is -0.376 e. The second-order valence-electron chi connectivity index (χ2n) is 6.75. The number of halogens is 2. The highest BCUT2D eigenvalue weighted by Crippen LogP contribution is 2.40. The Morgan fingerprint density at radius 3 is 2.74 bits per heavy atom. The second kappa shape index (κ2) is 9.02. The molecule has 2 N–H and O–H groups in total. The summed E-state index contributed by atoms with van der Waals surface area (Å²) in [5.74, 6) is 1.33. The Bertz CT molecular complexity index is 481. The van der Waals surface area contributed by atoms with E-state index in [2.05, 4.69) is 34.4 Å². The lowest BCUT2D eigenvalue weighted by Gasteiger charge is -2.32. The van der Waals surface area contributed by atoms with Gasteiger partial charge in [-0.05, 0) is 43.7 Å². The molecular weight excluding hydrogens is 335 g/mol. The molecule has 0 bridgehead atoms. The van der Waals surface area contributed by atoms with Crippen molar-refractivity contribution in [1.29, 1.82) is 0 Å². The SMILES string of the molecule is CC(C)c1cc(NCC2CC3(CCNCC3)CO2)ncn1.Cl.Cl. The van der Waals surface area contributed by atoms with Crippen LogP contribution < -0.4 is 10.6 Å². The molecule has 1 aromatic rings. The number of nitrogens with one attached hydrogen (secondary N) is 2. The van der Waals surface area contributed by atoms with Crippen LogP contribution in [0.25, 0.3) is 0 Å². The van der Waals surface area contributed by atoms with Gasteiger partial charge in [0.25, 0.3) is 0 Å². The zero-order valence-electron chi connectivity index (χ0n) is 13.9. The van der Waals surface area contributed by atoms with Crippen LogP contribution in [0.1, 0.15) is 44.7 Å². The van der Waals surface area contributed by atoms with Crippen molar-refractivity contribution in [3.8, 4) is 0 Å². The summed E-state index contributed by atoms with van der Waals surface area (Å²) in [6, 6.07) is 2.04. The highest BCUT2D eigenvalue weighted by atomic mass is 35.5. The second-order valence-corrected chi connectivity index (χ2v) is 6.75. The van der Waals surface area contributed by atoms with E-state index in [0.717, 1.165) is 37.8 Å².